The smallest absolute Gasteiger partial charge is 0.192 e. The minimum Gasteiger partial charge on any atom is -0.416 e. The third kappa shape index (κ3) is 4.90. The van der Waals surface area contributed by atoms with E-state index in [1.165, 1.54) is 21.8 Å². The van der Waals surface area contributed by atoms with Crippen LogP contribution in [0.3, 0.4) is 0 Å². The molecule has 0 atom stereocenters. The SMILES string of the molecule is CC(C)(C)[Si](C)(C)OCCN1CCN(CCn2c3ccccc3c3ccccc32)CC1. The summed E-state index contributed by atoms with van der Waals surface area (Å²) >= 11 is 0. The van der Waals surface area contributed by atoms with Crippen LogP contribution < -0.4 is 0 Å². The first-order valence-corrected chi connectivity index (χ1v) is 14.7. The zero-order valence-corrected chi connectivity index (χ0v) is 21.0. The van der Waals surface area contributed by atoms with Crippen molar-refractivity contribution in [2.45, 2.75) is 45.4 Å². The van der Waals surface area contributed by atoms with Crippen molar-refractivity contribution in [3.8, 4) is 0 Å². The maximum absolute atomic E-state index is 6.38. The fourth-order valence-electron chi connectivity index (χ4n) is 4.37. The van der Waals surface area contributed by atoms with Gasteiger partial charge >= 0.3 is 0 Å². The molecule has 31 heavy (non-hydrogen) atoms. The van der Waals surface area contributed by atoms with Gasteiger partial charge in [0.15, 0.2) is 8.32 Å². The van der Waals surface area contributed by atoms with Crippen molar-refractivity contribution in [2.24, 2.45) is 0 Å². The average molecular weight is 438 g/mol. The van der Waals surface area contributed by atoms with Gasteiger partial charge in [-0.25, -0.2) is 0 Å². The molecule has 0 saturated carbocycles. The maximum Gasteiger partial charge on any atom is 0.192 e. The van der Waals surface area contributed by atoms with Gasteiger partial charge in [0.1, 0.15) is 0 Å². The Morgan fingerprint density at radius 1 is 0.742 bits per heavy atom. The molecule has 2 heterocycles. The predicted molar refractivity (Wildman–Crippen MR) is 135 cm³/mol. The van der Waals surface area contributed by atoms with E-state index in [1.807, 2.05) is 0 Å². The first-order chi connectivity index (χ1) is 14.8. The van der Waals surface area contributed by atoms with E-state index in [-0.39, 0.29) is 0 Å². The molecule has 1 aliphatic rings. The van der Waals surface area contributed by atoms with Crippen LogP contribution in [0.1, 0.15) is 20.8 Å². The van der Waals surface area contributed by atoms with Crippen LogP contribution in [0.25, 0.3) is 21.8 Å². The highest BCUT2D eigenvalue weighted by atomic mass is 28.4. The van der Waals surface area contributed by atoms with Crippen LogP contribution in [-0.4, -0.2) is 68.6 Å². The van der Waals surface area contributed by atoms with Crippen LogP contribution in [0.5, 0.6) is 0 Å². The number of hydrogen-bond acceptors (Lipinski definition) is 3. The van der Waals surface area contributed by atoms with Crippen molar-refractivity contribution in [1.82, 2.24) is 14.4 Å². The van der Waals surface area contributed by atoms with Crippen LogP contribution in [0.2, 0.25) is 18.1 Å². The van der Waals surface area contributed by atoms with Gasteiger partial charge in [-0.15, -0.1) is 0 Å². The van der Waals surface area contributed by atoms with Gasteiger partial charge in [-0.05, 0) is 30.3 Å². The largest absolute Gasteiger partial charge is 0.416 e. The van der Waals surface area contributed by atoms with E-state index in [1.54, 1.807) is 0 Å². The maximum atomic E-state index is 6.38. The summed E-state index contributed by atoms with van der Waals surface area (Å²) in [6.45, 7) is 20.3. The molecule has 1 fully saturated rings. The molecular weight excluding hydrogens is 398 g/mol. The molecule has 4 rings (SSSR count). The quantitative estimate of drug-likeness (QED) is 0.460. The van der Waals surface area contributed by atoms with Gasteiger partial charge in [-0.2, -0.15) is 0 Å². The van der Waals surface area contributed by atoms with E-state index in [0.717, 1.165) is 52.4 Å². The Bertz CT molecular complexity index is 959. The lowest BCUT2D eigenvalue weighted by molar-refractivity contribution is 0.112. The van der Waals surface area contributed by atoms with Crippen LogP contribution in [0.4, 0.5) is 0 Å². The summed E-state index contributed by atoms with van der Waals surface area (Å²) in [4.78, 5) is 5.19. The number of rotatable bonds is 7. The molecule has 168 valence electrons. The molecule has 0 amide bonds. The van der Waals surface area contributed by atoms with Crippen LogP contribution in [0, 0.1) is 0 Å². The summed E-state index contributed by atoms with van der Waals surface area (Å²) in [5.74, 6) is 0. The number of piperazine rings is 1. The molecule has 0 spiro atoms. The summed E-state index contributed by atoms with van der Waals surface area (Å²) in [6, 6.07) is 17.6. The topological polar surface area (TPSA) is 20.6 Å². The lowest BCUT2D eigenvalue weighted by Gasteiger charge is -2.38. The monoisotopic (exact) mass is 437 g/mol. The van der Waals surface area contributed by atoms with Crippen molar-refractivity contribution in [3.05, 3.63) is 48.5 Å². The summed E-state index contributed by atoms with van der Waals surface area (Å²) in [5, 5.41) is 3.02. The Hall–Kier alpha value is -1.66. The van der Waals surface area contributed by atoms with Gasteiger partial charge in [-0.3, -0.25) is 9.80 Å². The van der Waals surface area contributed by atoms with Gasteiger partial charge in [0.05, 0.1) is 0 Å². The molecule has 1 aliphatic heterocycles. The highest BCUT2D eigenvalue weighted by Gasteiger charge is 2.37. The highest BCUT2D eigenvalue weighted by Crippen LogP contribution is 2.36. The zero-order valence-electron chi connectivity index (χ0n) is 20.0. The van der Waals surface area contributed by atoms with E-state index < -0.39 is 8.32 Å². The third-order valence-corrected chi connectivity index (χ3v) is 12.0. The Labute approximate surface area is 188 Å². The van der Waals surface area contributed by atoms with E-state index in [2.05, 4.69) is 96.8 Å². The standard InChI is InChI=1S/C26H39N3OSi/c1-26(2,3)31(4,5)30-21-20-28-16-14-27(15-17-28)18-19-29-24-12-8-6-10-22(24)23-11-7-9-13-25(23)29/h6-13H,14-21H2,1-5H3. The minimum atomic E-state index is -1.63. The molecule has 2 aromatic carbocycles. The van der Waals surface area contributed by atoms with Crippen molar-refractivity contribution >= 4 is 30.1 Å². The van der Waals surface area contributed by atoms with E-state index >= 15 is 0 Å². The fraction of sp³-hybridized carbons (Fsp3) is 0.538. The van der Waals surface area contributed by atoms with Crippen molar-refractivity contribution < 1.29 is 4.43 Å². The number of benzene rings is 2. The summed E-state index contributed by atoms with van der Waals surface area (Å²) in [7, 11) is -1.63. The third-order valence-electron chi connectivity index (χ3n) is 7.46. The minimum absolute atomic E-state index is 0.290. The van der Waals surface area contributed by atoms with Crippen molar-refractivity contribution in [1.29, 1.82) is 0 Å². The zero-order chi connectivity index (χ0) is 22.1. The number of aromatic nitrogens is 1. The summed E-state index contributed by atoms with van der Waals surface area (Å²) in [5.41, 5.74) is 2.70. The average Bonchev–Trinajstić information content (AvgIpc) is 3.06. The molecular formula is C26H39N3OSi. The molecule has 1 aromatic heterocycles. The van der Waals surface area contributed by atoms with E-state index in [4.69, 9.17) is 4.43 Å². The molecule has 0 bridgehead atoms. The van der Waals surface area contributed by atoms with E-state index in [0.29, 0.717) is 5.04 Å². The lowest BCUT2D eigenvalue weighted by Crippen LogP contribution is -2.49. The lowest BCUT2D eigenvalue weighted by atomic mass is 10.2. The second-order valence-electron chi connectivity index (χ2n) is 10.5. The Balaban J connectivity index is 1.29. The number of nitrogens with zero attached hydrogens (tertiary/aromatic N) is 3. The predicted octanol–water partition coefficient (Wildman–Crippen LogP) is 5.43. The van der Waals surface area contributed by atoms with Gasteiger partial charge in [0, 0.05) is 74.2 Å². The van der Waals surface area contributed by atoms with Gasteiger partial charge in [0.2, 0.25) is 0 Å². The van der Waals surface area contributed by atoms with Crippen molar-refractivity contribution in [2.75, 3.05) is 45.9 Å². The van der Waals surface area contributed by atoms with E-state index in [9.17, 15) is 0 Å². The van der Waals surface area contributed by atoms with Gasteiger partial charge < -0.3 is 8.99 Å². The number of hydrogen-bond donors (Lipinski definition) is 0. The summed E-state index contributed by atoms with van der Waals surface area (Å²) < 4.78 is 8.89. The number of fused-ring (bicyclic) bond motifs is 3. The molecule has 5 heteroatoms. The Morgan fingerprint density at radius 3 is 1.74 bits per heavy atom. The summed E-state index contributed by atoms with van der Waals surface area (Å²) in [6.07, 6.45) is 0. The highest BCUT2D eigenvalue weighted by molar-refractivity contribution is 6.74. The Kier molecular flexibility index (Phi) is 6.59. The van der Waals surface area contributed by atoms with Crippen molar-refractivity contribution in [3.63, 3.8) is 0 Å². The second kappa shape index (κ2) is 9.06. The first kappa shape index (κ1) is 22.5. The normalized spacial score (nSPS) is 17.1. The Morgan fingerprint density at radius 2 is 1.23 bits per heavy atom. The van der Waals surface area contributed by atoms with Crippen LogP contribution in [-0.2, 0) is 11.0 Å². The van der Waals surface area contributed by atoms with Crippen LogP contribution >= 0.6 is 0 Å². The molecule has 0 radical (unpaired) electrons. The molecule has 4 nitrogen and oxygen atoms in total. The number of para-hydroxylation sites is 2. The molecule has 0 aliphatic carbocycles. The first-order valence-electron chi connectivity index (χ1n) is 11.8. The molecule has 0 unspecified atom stereocenters. The molecule has 1 saturated heterocycles. The second-order valence-corrected chi connectivity index (χ2v) is 15.3. The molecule has 0 N–H and O–H groups in total. The van der Waals surface area contributed by atoms with Gasteiger partial charge in [-0.1, -0.05) is 57.2 Å². The molecule has 3 aromatic rings. The van der Waals surface area contributed by atoms with Gasteiger partial charge in [0.25, 0.3) is 0 Å². The fourth-order valence-corrected chi connectivity index (χ4v) is 5.40. The van der Waals surface area contributed by atoms with Crippen LogP contribution in [0.15, 0.2) is 48.5 Å².